The van der Waals surface area contributed by atoms with Crippen molar-refractivity contribution in [1.82, 2.24) is 60.3 Å². The molecule has 2 saturated heterocycles. The molecule has 0 spiro atoms. The van der Waals surface area contributed by atoms with E-state index in [1.165, 1.54) is 27.7 Å². The summed E-state index contributed by atoms with van der Waals surface area (Å²) < 4.78 is 123. The number of anilines is 2. The van der Waals surface area contributed by atoms with Gasteiger partial charge in [-0.3, -0.25) is 56.2 Å². The highest BCUT2D eigenvalue weighted by Gasteiger charge is 2.51. The third-order valence-electron chi connectivity index (χ3n) is 19.6. The van der Waals surface area contributed by atoms with E-state index in [1.807, 2.05) is 26.0 Å². The van der Waals surface area contributed by atoms with Gasteiger partial charge in [0.1, 0.15) is 84.1 Å². The molecule has 4 amide bonds. The van der Waals surface area contributed by atoms with Crippen LogP contribution in [0.3, 0.4) is 0 Å². The summed E-state index contributed by atoms with van der Waals surface area (Å²) in [6, 6.07) is 8.01. The number of carbonyl (C=O) groups excluding carboxylic acids is 6. The fraction of sp³-hybridized carbons (Fsp3) is 0.656. The molecule has 3 fully saturated rings. The Balaban J connectivity index is 0.649. The molecule has 1 aromatic carbocycles. The van der Waals surface area contributed by atoms with E-state index >= 15 is 0 Å². The van der Waals surface area contributed by atoms with Crippen molar-refractivity contribution in [2.45, 2.75) is 193 Å². The quantitative estimate of drug-likeness (QED) is 0.0134. The SMILES string of the molecule is CC(C)(CCCCc1ccccc1CCCCC1(C(=O)CCNC(=O)CCNC(=O)C(O)C(C)(C)COP(=O)([O-])OP(=O)([O-])OCC2OC(n3cnc4c(N)ncnc43)C(O)C2OP(=O)([O-])[O-])CC1)C(=O)CCNC(=O)CCNC(=O)C(O)C(C)(C)COP(=O)([O-])OP(=O)([O-])OCC1OC(n2cnc3c(N)ncnc32)C(O)C1OP(=O)([O-])[O-]. The molecule has 5 aromatic rings. The molecular formula is C64H92N14O34P6-8. The van der Waals surface area contributed by atoms with Gasteiger partial charge in [0.25, 0.3) is 31.3 Å². The largest absolute Gasteiger partial charge is 0.790 e. The van der Waals surface area contributed by atoms with Crippen LogP contribution in [0.15, 0.2) is 49.6 Å². The van der Waals surface area contributed by atoms with Gasteiger partial charge in [-0.1, -0.05) is 78.6 Å². The predicted molar refractivity (Wildman–Crippen MR) is 388 cm³/mol. The molecule has 14 unspecified atom stereocenters. The van der Waals surface area contributed by atoms with E-state index in [0.29, 0.717) is 32.1 Å². The monoisotopic (exact) mass is 1790 g/mol. The summed E-state index contributed by atoms with van der Waals surface area (Å²) in [5.41, 5.74) is 9.03. The first-order chi connectivity index (χ1) is 54.8. The summed E-state index contributed by atoms with van der Waals surface area (Å²) in [6.45, 7) is 2.96. The van der Waals surface area contributed by atoms with Crippen LogP contribution in [-0.4, -0.2) is 196 Å². The number of aryl methyl sites for hydroxylation is 2. The van der Waals surface area contributed by atoms with Crippen molar-refractivity contribution in [1.29, 1.82) is 0 Å². The third-order valence-corrected chi connectivity index (χ3v) is 25.6. The van der Waals surface area contributed by atoms with Crippen molar-refractivity contribution in [3.05, 3.63) is 60.7 Å². The number of nitrogens with two attached hydrogens (primary N) is 2. The van der Waals surface area contributed by atoms with Gasteiger partial charge in [0.15, 0.2) is 35.4 Å². The molecule has 660 valence electrons. The number of nitrogens with zero attached hydrogens (tertiary/aromatic N) is 8. The number of phosphoric ester groups is 6. The zero-order valence-corrected chi connectivity index (χ0v) is 69.8. The Morgan fingerprint density at radius 3 is 1.35 bits per heavy atom. The number of ether oxygens (including phenoxy) is 2. The Morgan fingerprint density at radius 2 is 0.941 bits per heavy atom. The van der Waals surface area contributed by atoms with E-state index in [-0.39, 0.29) is 97.4 Å². The Labute approximate surface area is 673 Å². The van der Waals surface area contributed by atoms with Crippen LogP contribution < -0.4 is 71.9 Å². The molecule has 1 saturated carbocycles. The van der Waals surface area contributed by atoms with Gasteiger partial charge in [-0.05, 0) is 62.5 Å². The molecule has 8 rings (SSSR count). The Morgan fingerprint density at radius 1 is 0.551 bits per heavy atom. The van der Waals surface area contributed by atoms with Crippen LogP contribution in [0.4, 0.5) is 11.6 Å². The van der Waals surface area contributed by atoms with Crippen molar-refractivity contribution < 1.29 is 161 Å². The summed E-state index contributed by atoms with van der Waals surface area (Å²) in [7, 11) is -35.7. The molecule has 48 nitrogen and oxygen atoms in total. The minimum Gasteiger partial charge on any atom is -0.790 e. The molecule has 6 heterocycles. The second-order valence-electron chi connectivity index (χ2n) is 30.2. The number of fused-ring (bicyclic) bond motifs is 2. The number of ketones is 2. The molecule has 118 heavy (non-hydrogen) atoms. The number of hydrogen-bond acceptors (Lipinski definition) is 42. The van der Waals surface area contributed by atoms with Gasteiger partial charge in [-0.25, -0.2) is 38.5 Å². The van der Waals surface area contributed by atoms with Crippen molar-refractivity contribution >= 4 is 116 Å². The van der Waals surface area contributed by atoms with Gasteiger partial charge < -0.3 is 138 Å². The third kappa shape index (κ3) is 27.8. The lowest BCUT2D eigenvalue weighted by Crippen LogP contribution is -2.46. The number of nitrogen functional groups attached to an aromatic ring is 2. The standard InChI is InChI=1S/C64H100N14O34P6/c1-61(2,41(79)17-25-67-43(81)19-27-69-57(87)51(85)62(3,4)31-105-117(99,100)111-115(95,96)103-29-39-49(109-113(89,90)91)47(83)59(107-39)77-35-75-45-53(65)71-33-73-55(45)77)21-11-9-15-37-13-7-8-14-38(37)16-10-12-22-64(23-24-64)42(80)18-26-68-44(82)20-28-70-58(88)52(86)63(5,6)32-106-118(101,102)112-116(97,98)104-30-40-50(110-114(92,93)94)48(84)60(108-40)78-36-76-46-54(66)72-34-74-56(46)78/h7-8,13-14,33-36,39-40,47-52,59-60,83-86H,9-12,15-32H2,1-6H3,(H,67,81)(H,68,82)(H,69,87)(H,70,88)(H,95,96)(H,97,98)(H,99,100)(H,101,102)(H2,65,71,73)(H2,66,72,74)(H2,89,90,91)(H2,92,93,94)/p-8. The summed E-state index contributed by atoms with van der Waals surface area (Å²) in [5, 5.41) is 53.3. The maximum Gasteiger partial charge on any atom is 0.274 e. The fourth-order valence-corrected chi connectivity index (χ4v) is 18.2. The number of nitrogens with one attached hydrogen (secondary N) is 4. The number of aromatic nitrogens is 8. The lowest BCUT2D eigenvalue weighted by molar-refractivity contribution is -0.348. The smallest absolute Gasteiger partial charge is 0.274 e. The van der Waals surface area contributed by atoms with E-state index in [2.05, 4.69) is 99.1 Å². The summed E-state index contributed by atoms with van der Waals surface area (Å²) in [6.07, 6.45) is -8.69. The van der Waals surface area contributed by atoms with Gasteiger partial charge in [0, 0.05) is 73.5 Å². The highest BCUT2D eigenvalue weighted by atomic mass is 31.3. The predicted octanol–water partition coefficient (Wildman–Crippen LogP) is -3.38. The van der Waals surface area contributed by atoms with Gasteiger partial charge in [-0.15, -0.1) is 0 Å². The zero-order valence-electron chi connectivity index (χ0n) is 64.4. The first-order valence-electron chi connectivity index (χ1n) is 36.6. The van der Waals surface area contributed by atoms with Crippen LogP contribution in [0, 0.1) is 21.7 Å². The molecule has 54 heteroatoms. The number of carbonyl (C=O) groups is 6. The normalized spacial score (nSPS) is 22.4. The number of benzene rings is 1. The summed E-state index contributed by atoms with van der Waals surface area (Å²) >= 11 is 0. The maximum atomic E-state index is 13.4. The van der Waals surface area contributed by atoms with Crippen LogP contribution in [0.1, 0.15) is 142 Å². The van der Waals surface area contributed by atoms with Gasteiger partial charge in [0.2, 0.25) is 23.6 Å². The van der Waals surface area contributed by atoms with Crippen molar-refractivity contribution in [3.8, 4) is 0 Å². The van der Waals surface area contributed by atoms with E-state index in [1.54, 1.807) is 0 Å². The number of unbranched alkanes of at least 4 members (excludes halogenated alkanes) is 2. The fourth-order valence-electron chi connectivity index (χ4n) is 12.7. The molecule has 14 atom stereocenters. The van der Waals surface area contributed by atoms with E-state index < -0.39 is 180 Å². The highest BCUT2D eigenvalue weighted by molar-refractivity contribution is 7.60. The van der Waals surface area contributed by atoms with Crippen LogP contribution >= 0.6 is 46.9 Å². The van der Waals surface area contributed by atoms with Crippen LogP contribution in [-0.2, 0) is 114 Å². The average molecular weight is 1790 g/mol. The lowest BCUT2D eigenvalue weighted by atomic mass is 9.81. The molecule has 12 N–H and O–H groups in total. The molecule has 1 aliphatic carbocycles. The first kappa shape index (κ1) is 97.1. The summed E-state index contributed by atoms with van der Waals surface area (Å²) in [5.74, 6) is -3.54. The van der Waals surface area contributed by atoms with Crippen molar-refractivity contribution in [2.75, 3.05) is 64.1 Å². The van der Waals surface area contributed by atoms with Crippen LogP contribution in [0.5, 0.6) is 0 Å². The number of rotatable bonds is 50. The molecule has 0 radical (unpaired) electrons. The number of aliphatic hydroxyl groups excluding tert-OH is 4. The number of phosphoric acid groups is 6. The highest BCUT2D eigenvalue weighted by Crippen LogP contribution is 2.59. The van der Waals surface area contributed by atoms with Crippen LogP contribution in [0.25, 0.3) is 22.3 Å². The van der Waals surface area contributed by atoms with E-state index in [9.17, 15) is 116 Å². The number of aliphatic hydroxyl groups is 4. The average Bonchev–Trinajstić information content (AvgIpc) is 1.63. The minimum absolute atomic E-state index is 0.00305. The first-order valence-corrected chi connectivity index (χ1v) is 45.4. The molecule has 4 aromatic heterocycles. The van der Waals surface area contributed by atoms with Gasteiger partial charge >= 0.3 is 0 Å². The zero-order chi connectivity index (χ0) is 87.4. The van der Waals surface area contributed by atoms with E-state index in [0.717, 1.165) is 77.7 Å². The van der Waals surface area contributed by atoms with E-state index in [4.69, 9.17) is 20.9 Å². The second-order valence-corrected chi connectivity index (χ2v) is 38.3. The number of imidazole rings is 2. The Bertz CT molecular complexity index is 4410. The number of Topliss-reactive ketones (excluding diaryl/α,β-unsaturated/α-hetero) is 2. The Kier molecular flexibility index (Phi) is 33.2. The summed E-state index contributed by atoms with van der Waals surface area (Å²) in [4.78, 5) is 198. The van der Waals surface area contributed by atoms with Gasteiger partial charge in [-0.2, -0.15) is 0 Å². The van der Waals surface area contributed by atoms with Crippen molar-refractivity contribution in [3.63, 3.8) is 0 Å². The van der Waals surface area contributed by atoms with Crippen LogP contribution in [0.2, 0.25) is 0 Å². The maximum absolute atomic E-state index is 13.4. The second kappa shape index (κ2) is 40.3. The Hall–Kier alpha value is -6.36. The molecule has 0 bridgehead atoms. The molecule has 3 aliphatic rings. The van der Waals surface area contributed by atoms with Crippen molar-refractivity contribution in [2.24, 2.45) is 21.7 Å². The number of hydrogen-bond donors (Lipinski definition) is 10. The minimum atomic E-state index is -6.00. The van der Waals surface area contributed by atoms with Gasteiger partial charge in [0.05, 0.1) is 54.7 Å². The lowest BCUT2D eigenvalue weighted by Gasteiger charge is -2.36. The number of amides is 4. The topological polar surface area (TPSA) is 750 Å². The molecular weight excluding hydrogens is 1690 g/mol. The molecule has 2 aliphatic heterocycles.